The number of nitrogens with two attached hydrogens (primary N) is 1. The zero-order chi connectivity index (χ0) is 88.1. The number of carboxylic acid groups (broad SMARTS) is 1. The van der Waals surface area contributed by atoms with Crippen LogP contribution in [0.4, 0.5) is 9.59 Å². The van der Waals surface area contributed by atoms with Crippen molar-refractivity contribution in [1.29, 1.82) is 0 Å². The standard InChI is InChI=1S/C45H57N5O9S.C35H46N4O8.C10H13NO2S/c1-9-29-25-45(29,40(53)49-60(55,56)44(19-20-44)24-27-13-11-10-12-14-27)48-38(51)35-22-31(26-50(35)39(52)37(42(2,3)4)47-41(54)59-43(5,6)7)58-36-23-33(28-15-16-28)46-34-21-30(57-8)17-18-32(34)36;1-9-20-17-35(20,31(42)43)38-29(40)26-15-22(18-39(26)30(41)28(33(2,3)4)37-32(44)47-34(5,6)7)46-27-16-24(19-10-11-19)36-25-14-21(45-8)12-13-23(25)27;11-14(12,13)10(6-7-10)8-9-4-2-1-3-5-9/h9-14,17-18,21,23,28-29,31,35,37H,1,15-16,19-20,22,24-26H2,2-8H3,(H,47,54)(H,48,51)(H,49,53);9,12-14,16,19-20,22,26,28H,1,10-11,15,17-18H2,2-8H3,(H,37,44)(H,38,40)(H,42,43);1-5H,6-8H2,(H2,11,12,13)/t29-,31-,35+,37-,45-;20-,22-,26+,28-,35-;/m11./s1. The Morgan fingerprint density at radius 1 is 0.554 bits per heavy atom. The Labute approximate surface area is 708 Å². The van der Waals surface area contributed by atoms with E-state index in [4.69, 9.17) is 43.5 Å². The van der Waals surface area contributed by atoms with E-state index >= 15 is 0 Å². The number of likely N-dealkylation sites (tertiary alicyclic amines) is 2. The van der Waals surface area contributed by atoms with Crippen molar-refractivity contribution in [3.63, 3.8) is 0 Å². The molecule has 10 atom stereocenters. The molecule has 8 aliphatic rings. The molecule has 0 bridgehead atoms. The SMILES string of the molecule is C=C[C@@H]1C[C@]1(NC(=O)[C@@H]1C[C@@H](Oc2cc(C3CC3)nc3cc(OC)ccc23)CN1C(=O)[C@@H](NC(=O)OC(C)(C)C)C(C)(C)C)C(=O)NS(=O)(=O)C1(Cc2ccccc2)CC1.C=C[C@@H]1C[C@]1(NC(=O)[C@@H]1C[C@@H](Oc2cc(C3CC3)nc3cc(OC)ccc23)CN1C(=O)[C@@H](NC(=O)OC(C)(C)C)C(C)(C)C)C(=O)O.NS(=O)(=O)C1(Cc2ccccc2)CC1. The molecule has 31 heteroatoms. The molecular formula is C90H116N10O19S2. The molecule has 6 aliphatic carbocycles. The maximum absolute atomic E-state index is 14.8. The molecule has 121 heavy (non-hydrogen) atoms. The van der Waals surface area contributed by atoms with Gasteiger partial charge in [-0.15, -0.1) is 13.2 Å². The van der Waals surface area contributed by atoms with Gasteiger partial charge in [-0.2, -0.15) is 0 Å². The quantitative estimate of drug-likeness (QED) is 0.0236. The van der Waals surface area contributed by atoms with E-state index in [1.165, 1.54) is 22.0 Å². The third kappa shape index (κ3) is 20.9. The highest BCUT2D eigenvalue weighted by atomic mass is 32.2. The van der Waals surface area contributed by atoms with Crippen molar-refractivity contribution in [3.8, 4) is 23.0 Å². The molecule has 0 spiro atoms. The normalized spacial score (nSPS) is 23.6. The number of ether oxygens (including phenoxy) is 6. The number of carbonyl (C=O) groups excluding carboxylic acids is 7. The fourth-order valence-corrected chi connectivity index (χ4v) is 18.6. The number of sulfonamides is 2. The number of nitrogens with zero attached hydrogens (tertiary/aromatic N) is 4. The second kappa shape index (κ2) is 34.1. The average Bonchev–Trinajstić information content (AvgIpc) is 1.56. The summed E-state index contributed by atoms with van der Waals surface area (Å²) in [5, 5.41) is 27.7. The third-order valence-corrected chi connectivity index (χ3v) is 27.6. The molecule has 14 rings (SSSR count). The van der Waals surface area contributed by atoms with Gasteiger partial charge in [0.15, 0.2) is 0 Å². The number of primary sulfonamides is 1. The first-order chi connectivity index (χ1) is 56.7. The average molecular weight is 1710 g/mol. The van der Waals surface area contributed by atoms with Gasteiger partial charge in [0, 0.05) is 82.9 Å². The maximum Gasteiger partial charge on any atom is 0.408 e. The van der Waals surface area contributed by atoms with Crippen LogP contribution in [0.25, 0.3) is 21.8 Å². The van der Waals surface area contributed by atoms with Gasteiger partial charge in [0.05, 0.1) is 47.8 Å². The lowest BCUT2D eigenvalue weighted by Gasteiger charge is -2.36. The summed E-state index contributed by atoms with van der Waals surface area (Å²) in [5.74, 6) is -2.27. The topological polar surface area (TPSA) is 399 Å². The number of rotatable bonds is 27. The minimum atomic E-state index is -4.16. The van der Waals surface area contributed by atoms with Crippen LogP contribution >= 0.6 is 0 Å². The Balaban J connectivity index is 0.000000194. The van der Waals surface area contributed by atoms with E-state index in [9.17, 15) is 60.3 Å². The zero-order valence-corrected chi connectivity index (χ0v) is 73.2. The Morgan fingerprint density at radius 3 is 1.26 bits per heavy atom. The fourth-order valence-electron chi connectivity index (χ4n) is 15.9. The first kappa shape index (κ1) is 89.8. The van der Waals surface area contributed by atoms with Crippen LogP contribution in [0, 0.1) is 22.7 Å². The summed E-state index contributed by atoms with van der Waals surface area (Å²) in [4.78, 5) is 122. The molecule has 0 unspecified atom stereocenters. The molecule has 6 aromatic rings. The number of hydrogen-bond donors (Lipinski definition) is 7. The van der Waals surface area contributed by atoms with Gasteiger partial charge >= 0.3 is 18.2 Å². The Bertz CT molecular complexity index is 5220. The number of amides is 7. The minimum absolute atomic E-state index is 0.0291. The number of aliphatic carboxylic acids is 1. The lowest BCUT2D eigenvalue weighted by Crippen LogP contribution is -2.60. The molecular weight excluding hydrogens is 1590 g/mol. The van der Waals surface area contributed by atoms with Crippen LogP contribution in [0.5, 0.6) is 23.0 Å². The van der Waals surface area contributed by atoms with Crippen molar-refractivity contribution in [2.75, 3.05) is 27.3 Å². The van der Waals surface area contributed by atoms with Crippen LogP contribution < -0.4 is 50.1 Å². The van der Waals surface area contributed by atoms with E-state index in [1.807, 2.05) is 109 Å². The van der Waals surface area contributed by atoms with Gasteiger partial charge in [0.25, 0.3) is 5.91 Å². The van der Waals surface area contributed by atoms with Crippen molar-refractivity contribution in [2.24, 2.45) is 27.8 Å². The molecule has 4 heterocycles. The van der Waals surface area contributed by atoms with E-state index in [0.717, 1.165) is 59.0 Å². The summed E-state index contributed by atoms with van der Waals surface area (Å²) in [6.07, 6.45) is 7.69. The first-order valence-electron chi connectivity index (χ1n) is 41.4. The van der Waals surface area contributed by atoms with Gasteiger partial charge < -0.3 is 64.6 Å². The number of benzene rings is 4. The second-order valence-corrected chi connectivity index (χ2v) is 41.8. The smallest absolute Gasteiger partial charge is 0.408 e. The van der Waals surface area contributed by atoms with Crippen molar-refractivity contribution in [2.45, 2.75) is 253 Å². The lowest BCUT2D eigenvalue weighted by atomic mass is 9.85. The summed E-state index contributed by atoms with van der Waals surface area (Å²) < 4.78 is 86.0. The van der Waals surface area contributed by atoms with Crippen molar-refractivity contribution >= 4 is 89.5 Å². The number of methoxy groups -OCH3 is 2. The van der Waals surface area contributed by atoms with Gasteiger partial charge in [-0.1, -0.05) is 114 Å². The summed E-state index contributed by atoms with van der Waals surface area (Å²) in [7, 11) is -4.37. The van der Waals surface area contributed by atoms with Gasteiger partial charge in [0.2, 0.25) is 43.7 Å². The number of carboxylic acids is 1. The lowest BCUT2D eigenvalue weighted by molar-refractivity contribution is -0.146. The van der Waals surface area contributed by atoms with Crippen LogP contribution in [-0.2, 0) is 71.1 Å². The largest absolute Gasteiger partial charge is 0.497 e. The molecule has 8 fully saturated rings. The van der Waals surface area contributed by atoms with Gasteiger partial charge in [0.1, 0.15) is 81.7 Å². The minimum Gasteiger partial charge on any atom is -0.497 e. The van der Waals surface area contributed by atoms with E-state index in [2.05, 4.69) is 39.1 Å². The predicted molar refractivity (Wildman–Crippen MR) is 455 cm³/mol. The number of pyridine rings is 2. The summed E-state index contributed by atoms with van der Waals surface area (Å²) in [6, 6.07) is 29.3. The number of aromatic nitrogens is 2. The van der Waals surface area contributed by atoms with E-state index in [0.29, 0.717) is 78.0 Å². The molecule has 4 aromatic carbocycles. The molecule has 0 radical (unpaired) electrons. The summed E-state index contributed by atoms with van der Waals surface area (Å²) >= 11 is 0. The van der Waals surface area contributed by atoms with Crippen LogP contribution in [-0.4, -0.2) is 185 Å². The van der Waals surface area contributed by atoms with Crippen molar-refractivity contribution in [3.05, 3.63) is 157 Å². The zero-order valence-electron chi connectivity index (χ0n) is 71.5. The molecule has 652 valence electrons. The van der Waals surface area contributed by atoms with E-state index in [1.54, 1.807) is 97.3 Å². The highest BCUT2D eigenvalue weighted by Crippen LogP contribution is 2.51. The van der Waals surface area contributed by atoms with Crippen molar-refractivity contribution in [1.82, 2.24) is 45.8 Å². The molecule has 2 aliphatic heterocycles. The number of carbonyl (C=O) groups is 8. The molecule has 8 N–H and O–H groups in total. The predicted octanol–water partition coefficient (Wildman–Crippen LogP) is 11.3. The first-order valence-corrected chi connectivity index (χ1v) is 44.4. The molecule has 7 amide bonds. The monoisotopic (exact) mass is 1700 g/mol. The number of hydrogen-bond acceptors (Lipinski definition) is 20. The van der Waals surface area contributed by atoms with Gasteiger partial charge in [-0.05, 0) is 165 Å². The third-order valence-electron chi connectivity index (χ3n) is 23.7. The van der Waals surface area contributed by atoms with Crippen LogP contribution in [0.1, 0.15) is 194 Å². The number of nitrogens with one attached hydrogen (secondary N) is 5. The van der Waals surface area contributed by atoms with E-state index < -0.39 is 159 Å². The Morgan fingerprint density at radius 2 is 0.934 bits per heavy atom. The maximum atomic E-state index is 14.8. The highest BCUT2D eigenvalue weighted by Gasteiger charge is 2.65. The van der Waals surface area contributed by atoms with E-state index in [-0.39, 0.29) is 45.2 Å². The molecule has 29 nitrogen and oxygen atoms in total. The molecule has 6 saturated carbocycles. The summed E-state index contributed by atoms with van der Waals surface area (Å²) in [6.45, 7) is 28.7. The van der Waals surface area contributed by atoms with Gasteiger partial charge in [-0.3, -0.25) is 38.7 Å². The highest BCUT2D eigenvalue weighted by molar-refractivity contribution is 7.91. The number of fused-ring (bicyclic) bond motifs is 2. The number of alkyl carbamates (subject to hydrolysis) is 2. The van der Waals surface area contributed by atoms with Gasteiger partial charge in [-0.25, -0.2) is 36.4 Å². The second-order valence-electron chi connectivity index (χ2n) is 37.7. The van der Waals surface area contributed by atoms with Crippen LogP contribution in [0.2, 0.25) is 0 Å². The molecule has 2 aromatic heterocycles. The van der Waals surface area contributed by atoms with Crippen LogP contribution in [0.15, 0.2) is 135 Å². The Kier molecular flexibility index (Phi) is 25.3. The summed E-state index contributed by atoms with van der Waals surface area (Å²) in [5.41, 5.74) is -1.25. The van der Waals surface area contributed by atoms with Crippen molar-refractivity contribution < 1.29 is 88.7 Å². The van der Waals surface area contributed by atoms with Crippen LogP contribution in [0.3, 0.4) is 0 Å². The molecule has 2 saturated heterocycles. The Hall–Kier alpha value is -10.4. The fraction of sp³-hybridized carbons (Fsp3) is 0.533.